The predicted molar refractivity (Wildman–Crippen MR) is 94.7 cm³/mol. The van der Waals surface area contributed by atoms with Crippen LogP contribution in [0.15, 0.2) is 42.5 Å². The molecule has 24 heavy (non-hydrogen) atoms. The van der Waals surface area contributed by atoms with Crippen LogP contribution in [0.5, 0.6) is 11.5 Å². The Kier molecular flexibility index (Phi) is 3.34. The molecule has 0 aliphatic rings. The van der Waals surface area contributed by atoms with Crippen LogP contribution in [0.4, 0.5) is 0 Å². The highest BCUT2D eigenvalue weighted by Gasteiger charge is 2.14. The zero-order valence-electron chi connectivity index (χ0n) is 13.8. The lowest BCUT2D eigenvalue weighted by Gasteiger charge is -2.11. The molecular formula is C19H17N3O2. The Balaban J connectivity index is 2.10. The van der Waals surface area contributed by atoms with Crippen LogP contribution >= 0.6 is 0 Å². The Labute approximate surface area is 139 Å². The van der Waals surface area contributed by atoms with Crippen LogP contribution in [-0.4, -0.2) is 29.4 Å². The molecule has 2 aromatic heterocycles. The maximum Gasteiger partial charge on any atom is 0.123 e. The molecule has 0 atom stereocenters. The third-order valence-corrected chi connectivity index (χ3v) is 4.21. The van der Waals surface area contributed by atoms with Gasteiger partial charge in [-0.05, 0) is 19.1 Å². The maximum atomic E-state index is 5.40. The van der Waals surface area contributed by atoms with Gasteiger partial charge in [-0.3, -0.25) is 5.10 Å². The Morgan fingerprint density at radius 3 is 2.25 bits per heavy atom. The molecule has 0 spiro atoms. The number of aromatic nitrogens is 3. The van der Waals surface area contributed by atoms with Gasteiger partial charge in [0.25, 0.3) is 0 Å². The Bertz CT molecular complexity index is 1030. The summed E-state index contributed by atoms with van der Waals surface area (Å²) in [7, 11) is 3.29. The summed E-state index contributed by atoms with van der Waals surface area (Å²) >= 11 is 0. The van der Waals surface area contributed by atoms with Crippen molar-refractivity contribution in [3.8, 4) is 22.8 Å². The third-order valence-electron chi connectivity index (χ3n) is 4.21. The first kappa shape index (κ1) is 14.5. The topological polar surface area (TPSA) is 60.0 Å². The molecule has 5 heteroatoms. The van der Waals surface area contributed by atoms with Crippen molar-refractivity contribution in [2.75, 3.05) is 14.2 Å². The van der Waals surface area contributed by atoms with Crippen molar-refractivity contribution in [2.45, 2.75) is 6.92 Å². The summed E-state index contributed by atoms with van der Waals surface area (Å²) in [5.41, 5.74) is 4.56. The fraction of sp³-hybridized carbons (Fsp3) is 0.158. The molecule has 0 aliphatic carbocycles. The van der Waals surface area contributed by atoms with Crippen LogP contribution in [0.3, 0.4) is 0 Å². The van der Waals surface area contributed by atoms with Gasteiger partial charge in [-0.25, -0.2) is 4.98 Å². The minimum absolute atomic E-state index is 0.735. The molecule has 2 aromatic carbocycles. The Morgan fingerprint density at radius 1 is 0.917 bits per heavy atom. The standard InChI is InChI=1S/C19H17N3O2/c1-11-17-19(22-21-11)16-7-5-4-6-15(16)18(20-17)12-8-13(23-2)10-14(9-12)24-3/h4-10H,1-3H3,(H,21,22). The number of methoxy groups -OCH3 is 2. The number of H-pyrrole nitrogens is 1. The first-order chi connectivity index (χ1) is 11.7. The summed E-state index contributed by atoms with van der Waals surface area (Å²) < 4.78 is 10.8. The van der Waals surface area contributed by atoms with Gasteiger partial charge in [-0.1, -0.05) is 24.3 Å². The van der Waals surface area contributed by atoms with Crippen LogP contribution in [0, 0.1) is 6.92 Å². The molecule has 0 bridgehead atoms. The van der Waals surface area contributed by atoms with E-state index in [2.05, 4.69) is 22.3 Å². The minimum Gasteiger partial charge on any atom is -0.497 e. The van der Waals surface area contributed by atoms with E-state index in [1.54, 1.807) is 14.2 Å². The Morgan fingerprint density at radius 2 is 1.58 bits per heavy atom. The second kappa shape index (κ2) is 5.53. The summed E-state index contributed by atoms with van der Waals surface area (Å²) in [5.74, 6) is 1.47. The first-order valence-electron chi connectivity index (χ1n) is 7.68. The first-order valence-corrected chi connectivity index (χ1v) is 7.68. The van der Waals surface area contributed by atoms with Gasteiger partial charge in [0.15, 0.2) is 0 Å². The smallest absolute Gasteiger partial charge is 0.123 e. The van der Waals surface area contributed by atoms with E-state index in [0.717, 1.165) is 50.3 Å². The molecule has 0 fully saturated rings. The zero-order valence-corrected chi connectivity index (χ0v) is 13.8. The highest BCUT2D eigenvalue weighted by molar-refractivity contribution is 6.09. The lowest BCUT2D eigenvalue weighted by molar-refractivity contribution is 0.394. The summed E-state index contributed by atoms with van der Waals surface area (Å²) in [4.78, 5) is 4.88. The van der Waals surface area contributed by atoms with E-state index in [4.69, 9.17) is 14.5 Å². The van der Waals surface area contributed by atoms with Crippen molar-refractivity contribution >= 4 is 21.8 Å². The number of hydrogen-bond donors (Lipinski definition) is 1. The largest absolute Gasteiger partial charge is 0.497 e. The maximum absolute atomic E-state index is 5.40. The van der Waals surface area contributed by atoms with Crippen molar-refractivity contribution in [1.82, 2.24) is 15.2 Å². The van der Waals surface area contributed by atoms with Gasteiger partial charge in [0.2, 0.25) is 0 Å². The molecule has 5 nitrogen and oxygen atoms in total. The molecule has 120 valence electrons. The van der Waals surface area contributed by atoms with Crippen LogP contribution < -0.4 is 9.47 Å². The van der Waals surface area contributed by atoms with Crippen molar-refractivity contribution in [3.05, 3.63) is 48.2 Å². The van der Waals surface area contributed by atoms with E-state index in [1.807, 2.05) is 37.3 Å². The second-order valence-electron chi connectivity index (χ2n) is 5.64. The molecule has 0 radical (unpaired) electrons. The molecule has 0 unspecified atom stereocenters. The van der Waals surface area contributed by atoms with Gasteiger partial charge in [0.05, 0.1) is 31.1 Å². The molecule has 1 N–H and O–H groups in total. The zero-order chi connectivity index (χ0) is 16.7. The molecule has 4 rings (SSSR count). The average Bonchev–Trinajstić information content (AvgIpc) is 3.01. The molecule has 0 saturated heterocycles. The van der Waals surface area contributed by atoms with Gasteiger partial charge in [0, 0.05) is 22.4 Å². The monoisotopic (exact) mass is 319 g/mol. The van der Waals surface area contributed by atoms with Gasteiger partial charge in [0.1, 0.15) is 17.0 Å². The summed E-state index contributed by atoms with van der Waals surface area (Å²) in [6.45, 7) is 1.95. The van der Waals surface area contributed by atoms with Crippen molar-refractivity contribution in [3.63, 3.8) is 0 Å². The SMILES string of the molecule is COc1cc(OC)cc(-c2nc3c(C)n[nH]c3c3ccccc23)c1. The number of hydrogen-bond acceptors (Lipinski definition) is 4. The minimum atomic E-state index is 0.735. The lowest BCUT2D eigenvalue weighted by atomic mass is 10.0. The van der Waals surface area contributed by atoms with Crippen LogP contribution in [0.25, 0.3) is 33.1 Å². The molecule has 0 amide bonds. The number of fused-ring (bicyclic) bond motifs is 3. The fourth-order valence-electron chi connectivity index (χ4n) is 3.00. The van der Waals surface area contributed by atoms with Crippen molar-refractivity contribution in [2.24, 2.45) is 0 Å². The highest BCUT2D eigenvalue weighted by atomic mass is 16.5. The molecular weight excluding hydrogens is 302 g/mol. The van der Waals surface area contributed by atoms with Gasteiger partial charge in [-0.15, -0.1) is 0 Å². The van der Waals surface area contributed by atoms with Crippen LogP contribution in [0.1, 0.15) is 5.69 Å². The normalized spacial score (nSPS) is 11.1. The van der Waals surface area contributed by atoms with E-state index in [9.17, 15) is 0 Å². The number of pyridine rings is 1. The summed E-state index contributed by atoms with van der Waals surface area (Å²) in [6, 6.07) is 14.0. The van der Waals surface area contributed by atoms with E-state index in [0.29, 0.717) is 0 Å². The summed E-state index contributed by atoms with van der Waals surface area (Å²) in [6.07, 6.45) is 0. The van der Waals surface area contributed by atoms with Crippen LogP contribution in [-0.2, 0) is 0 Å². The van der Waals surface area contributed by atoms with Gasteiger partial charge >= 0.3 is 0 Å². The molecule has 0 saturated carbocycles. The van der Waals surface area contributed by atoms with E-state index < -0.39 is 0 Å². The van der Waals surface area contributed by atoms with Gasteiger partial charge < -0.3 is 9.47 Å². The van der Waals surface area contributed by atoms with E-state index in [-0.39, 0.29) is 0 Å². The summed E-state index contributed by atoms with van der Waals surface area (Å²) in [5, 5.41) is 9.56. The highest BCUT2D eigenvalue weighted by Crippen LogP contribution is 2.35. The van der Waals surface area contributed by atoms with Crippen LogP contribution in [0.2, 0.25) is 0 Å². The van der Waals surface area contributed by atoms with E-state index >= 15 is 0 Å². The van der Waals surface area contributed by atoms with Crippen molar-refractivity contribution in [1.29, 1.82) is 0 Å². The number of nitrogens with zero attached hydrogens (tertiary/aromatic N) is 2. The Hall–Kier alpha value is -3.08. The number of nitrogens with one attached hydrogen (secondary N) is 1. The quantitative estimate of drug-likeness (QED) is 0.617. The average molecular weight is 319 g/mol. The molecule has 0 aliphatic heterocycles. The number of benzene rings is 2. The van der Waals surface area contributed by atoms with Gasteiger partial charge in [-0.2, -0.15) is 5.10 Å². The number of aromatic amines is 1. The second-order valence-corrected chi connectivity index (χ2v) is 5.64. The predicted octanol–water partition coefficient (Wildman–Crippen LogP) is 4.10. The molecule has 2 heterocycles. The fourth-order valence-corrected chi connectivity index (χ4v) is 3.00. The number of ether oxygens (including phenoxy) is 2. The third kappa shape index (κ3) is 2.17. The van der Waals surface area contributed by atoms with E-state index in [1.165, 1.54) is 0 Å². The lowest BCUT2D eigenvalue weighted by Crippen LogP contribution is -1.92. The van der Waals surface area contributed by atoms with Crippen molar-refractivity contribution < 1.29 is 9.47 Å². The molecule has 4 aromatic rings. The number of rotatable bonds is 3. The number of aryl methyl sites for hydroxylation is 1.